The summed E-state index contributed by atoms with van der Waals surface area (Å²) in [5.41, 5.74) is 1.42. The lowest BCUT2D eigenvalue weighted by molar-refractivity contribution is 0.0831. The van der Waals surface area contributed by atoms with E-state index >= 15 is 0 Å². The highest BCUT2D eigenvalue weighted by atomic mass is 79.9. The molecule has 0 unspecified atom stereocenters. The number of Topliss-reactive ketones (excluding diaryl/α,β-unsaturated/α-hetero) is 1. The Morgan fingerprint density at radius 2 is 2.10 bits per heavy atom. The Labute approximate surface area is 135 Å². The first kappa shape index (κ1) is 16.5. The Balaban J connectivity index is 2.18. The normalized spacial score (nSPS) is 12.8. The first-order valence-electron chi connectivity index (χ1n) is 6.69. The number of carbonyl (C=O) groups is 1. The van der Waals surface area contributed by atoms with E-state index in [0.717, 1.165) is 21.1 Å². The third-order valence-electron chi connectivity index (χ3n) is 3.10. The molecule has 0 spiro atoms. The number of nitrogens with zero attached hydrogens (tertiary/aromatic N) is 2. The second kappa shape index (κ2) is 6.50. The minimum atomic E-state index is -0.550. The molecule has 0 saturated heterocycles. The number of rotatable bonds is 6. The zero-order valence-corrected chi connectivity index (χ0v) is 15.3. The van der Waals surface area contributed by atoms with Crippen LogP contribution in [-0.2, 0) is 11.5 Å². The van der Waals surface area contributed by atoms with Gasteiger partial charge in [-0.15, -0.1) is 0 Å². The molecule has 0 aliphatic rings. The first-order chi connectivity index (χ1) is 9.78. The maximum atomic E-state index is 11.7. The number of hydrogen-bond donors (Lipinski definition) is 0. The fraction of sp³-hybridized carbons (Fsp3) is 0.467. The lowest BCUT2D eigenvalue weighted by Crippen LogP contribution is -2.11. The van der Waals surface area contributed by atoms with Gasteiger partial charge in [-0.05, 0) is 37.0 Å². The van der Waals surface area contributed by atoms with E-state index in [-0.39, 0.29) is 5.78 Å². The number of hydrogen-bond acceptors (Lipinski definition) is 3. The van der Waals surface area contributed by atoms with Gasteiger partial charge in [-0.25, -0.2) is 14.7 Å². The van der Waals surface area contributed by atoms with Crippen LogP contribution in [0.4, 0.5) is 0 Å². The van der Waals surface area contributed by atoms with Crippen molar-refractivity contribution in [1.29, 1.82) is 0 Å². The summed E-state index contributed by atoms with van der Waals surface area (Å²) in [6.07, 6.45) is 6.81. The Morgan fingerprint density at radius 3 is 2.71 bits per heavy atom. The van der Waals surface area contributed by atoms with Gasteiger partial charge in [0, 0.05) is 22.5 Å². The molecule has 6 heteroatoms. The summed E-state index contributed by atoms with van der Waals surface area (Å²) in [6.45, 7) is 2.63. The summed E-state index contributed by atoms with van der Waals surface area (Å²) in [7, 11) is -0.550. The maximum Gasteiger partial charge on any atom is 0.180 e. The summed E-state index contributed by atoms with van der Waals surface area (Å²) in [6, 6.07) is 5.83. The quantitative estimate of drug-likeness (QED) is 0.573. The van der Waals surface area contributed by atoms with Crippen molar-refractivity contribution in [2.75, 3.05) is 31.1 Å². The summed E-state index contributed by atoms with van der Waals surface area (Å²) >= 11 is 3.43. The van der Waals surface area contributed by atoms with Crippen molar-refractivity contribution in [2.45, 2.75) is 13.7 Å². The summed E-state index contributed by atoms with van der Waals surface area (Å²) < 4.78 is 8.43. The Kier molecular flexibility index (Phi) is 5.11. The second-order valence-electron chi connectivity index (χ2n) is 5.90. The minimum Gasteiger partial charge on any atom is -0.358 e. The molecule has 1 heterocycles. The molecule has 0 amide bonds. The Hall–Kier alpha value is -0.850. The highest BCUT2D eigenvalue weighted by Gasteiger charge is 2.14. The minimum absolute atomic E-state index is 0.0315. The second-order valence-corrected chi connectivity index (χ2v) is 11.4. The zero-order chi connectivity index (χ0) is 15.6. The van der Waals surface area contributed by atoms with Crippen LogP contribution < -0.4 is 0 Å². The average molecular weight is 373 g/mol. The van der Waals surface area contributed by atoms with Crippen molar-refractivity contribution >= 4 is 42.6 Å². The van der Waals surface area contributed by atoms with Crippen LogP contribution in [0.15, 0.2) is 22.7 Å². The predicted octanol–water partition coefficient (Wildman–Crippen LogP) is 3.67. The first-order valence-corrected chi connectivity index (χ1v) is 10.5. The molecule has 1 aromatic heterocycles. The van der Waals surface area contributed by atoms with Crippen molar-refractivity contribution in [3.8, 4) is 0 Å². The fourth-order valence-electron chi connectivity index (χ4n) is 1.97. The highest BCUT2D eigenvalue weighted by Crippen LogP contribution is 2.33. The van der Waals surface area contributed by atoms with Gasteiger partial charge in [0.1, 0.15) is 12.4 Å². The largest absolute Gasteiger partial charge is 0.358 e. The molecule has 1 aromatic carbocycles. The molecule has 0 aliphatic heterocycles. The van der Waals surface area contributed by atoms with Gasteiger partial charge < -0.3 is 4.74 Å². The molecular weight excluding hydrogens is 352 g/mol. The molecule has 0 N–H and O–H groups in total. The number of aromatic nitrogens is 2. The summed E-state index contributed by atoms with van der Waals surface area (Å²) in [4.78, 5) is 11.7. The van der Waals surface area contributed by atoms with Crippen molar-refractivity contribution in [2.24, 2.45) is 0 Å². The molecule has 2 aromatic rings. The van der Waals surface area contributed by atoms with Gasteiger partial charge in [-0.1, -0.05) is 15.9 Å². The van der Waals surface area contributed by atoms with Crippen LogP contribution in [0.25, 0.3) is 10.9 Å². The van der Waals surface area contributed by atoms with Gasteiger partial charge in [0.25, 0.3) is 0 Å². The van der Waals surface area contributed by atoms with Crippen molar-refractivity contribution in [1.82, 2.24) is 9.78 Å². The molecule has 0 aliphatic carbocycles. The van der Waals surface area contributed by atoms with E-state index in [2.05, 4.69) is 39.8 Å². The van der Waals surface area contributed by atoms with Crippen LogP contribution in [0.3, 0.4) is 0 Å². The van der Waals surface area contributed by atoms with Gasteiger partial charge in [-0.2, -0.15) is 5.10 Å². The maximum absolute atomic E-state index is 11.7. The van der Waals surface area contributed by atoms with E-state index in [0.29, 0.717) is 19.0 Å². The van der Waals surface area contributed by atoms with Crippen molar-refractivity contribution < 1.29 is 9.53 Å². The van der Waals surface area contributed by atoms with Crippen LogP contribution >= 0.6 is 26.0 Å². The van der Waals surface area contributed by atoms with E-state index in [1.807, 2.05) is 18.2 Å². The van der Waals surface area contributed by atoms with E-state index in [1.54, 1.807) is 4.68 Å². The summed E-state index contributed by atoms with van der Waals surface area (Å²) in [5, 5.41) is 5.25. The van der Waals surface area contributed by atoms with Crippen LogP contribution in [0.2, 0.25) is 0 Å². The highest BCUT2D eigenvalue weighted by molar-refractivity contribution is 9.10. The van der Waals surface area contributed by atoms with Crippen LogP contribution in [0.5, 0.6) is 0 Å². The molecule has 0 fully saturated rings. The van der Waals surface area contributed by atoms with Gasteiger partial charge in [0.05, 0.1) is 12.1 Å². The van der Waals surface area contributed by atoms with Crippen molar-refractivity contribution in [3.63, 3.8) is 0 Å². The molecule has 0 bridgehead atoms. The smallest absolute Gasteiger partial charge is 0.180 e. The monoisotopic (exact) mass is 372 g/mol. The van der Waals surface area contributed by atoms with E-state index in [9.17, 15) is 4.79 Å². The van der Waals surface area contributed by atoms with Crippen LogP contribution in [0, 0.1) is 0 Å². The Morgan fingerprint density at radius 1 is 1.38 bits per heavy atom. The molecule has 2 rings (SSSR count). The molecule has 116 valence electrons. The number of halogens is 1. The lowest BCUT2D eigenvalue weighted by atomic mass is 10.2. The number of carbonyl (C=O) groups excluding carboxylic acids is 1. The van der Waals surface area contributed by atoms with Gasteiger partial charge >= 0.3 is 0 Å². The number of benzene rings is 1. The van der Waals surface area contributed by atoms with Gasteiger partial charge in [-0.3, -0.25) is 4.79 Å². The molecule has 0 saturated carbocycles. The zero-order valence-electron chi connectivity index (χ0n) is 12.9. The predicted molar refractivity (Wildman–Crippen MR) is 93.6 cm³/mol. The topological polar surface area (TPSA) is 44.1 Å². The van der Waals surface area contributed by atoms with Gasteiger partial charge in [0.15, 0.2) is 5.78 Å². The van der Waals surface area contributed by atoms with E-state index in [4.69, 9.17) is 4.74 Å². The lowest BCUT2D eigenvalue weighted by Gasteiger charge is -2.24. The molecule has 0 atom stereocenters. The number of ketones is 1. The van der Waals surface area contributed by atoms with Gasteiger partial charge in [0.2, 0.25) is 0 Å². The van der Waals surface area contributed by atoms with Crippen molar-refractivity contribution in [3.05, 3.63) is 28.4 Å². The molecule has 4 nitrogen and oxygen atoms in total. The number of ether oxygens (including phenoxy) is 1. The third-order valence-corrected chi connectivity index (χ3v) is 4.98. The standard InChI is InChI=1S/C15H21BrN2O2S/c1-11(19)15-13-9-12(16)5-6-14(13)18(17-15)10-20-7-8-21(2,3)4/h5-6,9H,7-8,10H2,1-4H3. The van der Waals surface area contributed by atoms with E-state index < -0.39 is 10.0 Å². The van der Waals surface area contributed by atoms with E-state index in [1.165, 1.54) is 6.92 Å². The molecular formula is C15H21BrN2O2S. The van der Waals surface area contributed by atoms with Crippen LogP contribution in [0.1, 0.15) is 17.4 Å². The fourth-order valence-corrected chi connectivity index (χ4v) is 2.95. The molecule has 21 heavy (non-hydrogen) atoms. The van der Waals surface area contributed by atoms with Crippen LogP contribution in [-0.4, -0.2) is 46.7 Å². The molecule has 0 radical (unpaired) electrons. The number of fused-ring (bicyclic) bond motifs is 1. The SMILES string of the molecule is CC(=O)c1nn(COCCS(C)(C)C)c2ccc(Br)cc12. The average Bonchev–Trinajstić information content (AvgIpc) is 2.71. The summed E-state index contributed by atoms with van der Waals surface area (Å²) in [5.74, 6) is 1.04. The third kappa shape index (κ3) is 4.31. The Bertz CT molecular complexity index is 661.